The quantitative estimate of drug-likeness (QED) is 0.854. The van der Waals surface area contributed by atoms with Crippen molar-refractivity contribution in [2.45, 2.75) is 6.54 Å². The topological polar surface area (TPSA) is 33.7 Å². The molecule has 116 valence electrons. The Morgan fingerprint density at radius 3 is 2.36 bits per heavy atom. The monoisotopic (exact) mass is 316 g/mol. The van der Waals surface area contributed by atoms with Gasteiger partial charge in [-0.3, -0.25) is 0 Å². The van der Waals surface area contributed by atoms with Crippen molar-refractivity contribution < 1.29 is 9.47 Å². The van der Waals surface area contributed by atoms with Crippen molar-refractivity contribution in [2.24, 2.45) is 0 Å². The maximum atomic E-state index is 5.44. The van der Waals surface area contributed by atoms with Gasteiger partial charge in [-0.05, 0) is 42.0 Å². The fourth-order valence-corrected chi connectivity index (χ4v) is 2.22. The Morgan fingerprint density at radius 2 is 1.68 bits per heavy atom. The van der Waals surface area contributed by atoms with E-state index in [0.29, 0.717) is 11.7 Å². The number of nitrogens with one attached hydrogen (secondary N) is 1. The SMILES string of the molecule is COc1cccc(CN(C)C(=S)Nc2cccc(OC)c2)c1. The van der Waals surface area contributed by atoms with Crippen LogP contribution in [-0.4, -0.2) is 31.3 Å². The van der Waals surface area contributed by atoms with Gasteiger partial charge in [0.15, 0.2) is 5.11 Å². The van der Waals surface area contributed by atoms with Gasteiger partial charge in [-0.25, -0.2) is 0 Å². The Kier molecular flexibility index (Phi) is 5.61. The summed E-state index contributed by atoms with van der Waals surface area (Å²) in [6, 6.07) is 15.6. The molecule has 0 aliphatic heterocycles. The van der Waals surface area contributed by atoms with Crippen LogP contribution >= 0.6 is 12.2 Å². The van der Waals surface area contributed by atoms with Gasteiger partial charge >= 0.3 is 0 Å². The highest BCUT2D eigenvalue weighted by molar-refractivity contribution is 7.80. The normalized spacial score (nSPS) is 9.95. The predicted octanol–water partition coefficient (Wildman–Crippen LogP) is 3.53. The smallest absolute Gasteiger partial charge is 0.173 e. The zero-order valence-electron chi connectivity index (χ0n) is 13.0. The highest BCUT2D eigenvalue weighted by Crippen LogP contribution is 2.18. The first-order valence-corrected chi connectivity index (χ1v) is 7.32. The van der Waals surface area contributed by atoms with E-state index in [1.165, 1.54) is 0 Å². The van der Waals surface area contributed by atoms with Crippen molar-refractivity contribution in [1.29, 1.82) is 0 Å². The number of nitrogens with zero attached hydrogens (tertiary/aromatic N) is 1. The molecular weight excluding hydrogens is 296 g/mol. The Morgan fingerprint density at radius 1 is 1.05 bits per heavy atom. The van der Waals surface area contributed by atoms with Crippen LogP contribution in [0.5, 0.6) is 11.5 Å². The summed E-state index contributed by atoms with van der Waals surface area (Å²) in [6.45, 7) is 0.701. The summed E-state index contributed by atoms with van der Waals surface area (Å²) in [6.07, 6.45) is 0. The molecule has 2 aromatic rings. The average Bonchev–Trinajstić information content (AvgIpc) is 2.55. The molecule has 0 spiro atoms. The summed E-state index contributed by atoms with van der Waals surface area (Å²) in [4.78, 5) is 1.98. The molecule has 22 heavy (non-hydrogen) atoms. The molecule has 0 heterocycles. The van der Waals surface area contributed by atoms with Gasteiger partial charge in [0.2, 0.25) is 0 Å². The van der Waals surface area contributed by atoms with E-state index in [1.54, 1.807) is 14.2 Å². The minimum Gasteiger partial charge on any atom is -0.497 e. The van der Waals surface area contributed by atoms with Crippen LogP contribution in [-0.2, 0) is 6.54 Å². The number of hydrogen-bond donors (Lipinski definition) is 1. The molecule has 2 rings (SSSR count). The van der Waals surface area contributed by atoms with E-state index < -0.39 is 0 Å². The second-order valence-corrected chi connectivity index (χ2v) is 5.26. The molecule has 2 aromatic carbocycles. The summed E-state index contributed by atoms with van der Waals surface area (Å²) in [5.41, 5.74) is 2.04. The molecule has 0 aliphatic rings. The molecule has 5 heteroatoms. The summed E-state index contributed by atoms with van der Waals surface area (Å²) in [7, 11) is 5.26. The van der Waals surface area contributed by atoms with Crippen LogP contribution in [0.15, 0.2) is 48.5 Å². The predicted molar refractivity (Wildman–Crippen MR) is 93.7 cm³/mol. The number of rotatable bonds is 5. The van der Waals surface area contributed by atoms with Crippen LogP contribution in [0.4, 0.5) is 5.69 Å². The van der Waals surface area contributed by atoms with Gasteiger partial charge in [0.1, 0.15) is 11.5 Å². The van der Waals surface area contributed by atoms with Gasteiger partial charge in [0, 0.05) is 25.3 Å². The van der Waals surface area contributed by atoms with Crippen molar-refractivity contribution in [1.82, 2.24) is 4.90 Å². The minimum absolute atomic E-state index is 0.649. The number of thiocarbonyl (C=S) groups is 1. The highest BCUT2D eigenvalue weighted by Gasteiger charge is 2.07. The van der Waals surface area contributed by atoms with E-state index in [2.05, 4.69) is 5.32 Å². The summed E-state index contributed by atoms with van der Waals surface area (Å²) in [5, 5.41) is 3.86. The number of methoxy groups -OCH3 is 2. The summed E-state index contributed by atoms with van der Waals surface area (Å²) < 4.78 is 10.4. The van der Waals surface area contributed by atoms with E-state index in [0.717, 1.165) is 22.7 Å². The molecule has 0 atom stereocenters. The van der Waals surface area contributed by atoms with E-state index in [9.17, 15) is 0 Å². The molecule has 0 bridgehead atoms. The highest BCUT2D eigenvalue weighted by atomic mass is 32.1. The molecule has 1 N–H and O–H groups in total. The maximum Gasteiger partial charge on any atom is 0.173 e. The first-order valence-electron chi connectivity index (χ1n) is 6.91. The minimum atomic E-state index is 0.649. The van der Waals surface area contributed by atoms with Gasteiger partial charge < -0.3 is 19.7 Å². The Balaban J connectivity index is 1.99. The Labute approximate surface area is 136 Å². The molecule has 0 aliphatic carbocycles. The molecule has 0 saturated heterocycles. The average molecular weight is 316 g/mol. The van der Waals surface area contributed by atoms with Crippen LogP contribution in [0, 0.1) is 0 Å². The molecule has 0 unspecified atom stereocenters. The van der Waals surface area contributed by atoms with Crippen molar-refractivity contribution in [3.63, 3.8) is 0 Å². The van der Waals surface area contributed by atoms with Crippen LogP contribution in [0.25, 0.3) is 0 Å². The Hall–Kier alpha value is -2.27. The largest absolute Gasteiger partial charge is 0.497 e. The first-order chi connectivity index (χ1) is 10.6. The standard InChI is InChI=1S/C17H20N2O2S/c1-19(12-13-6-4-8-15(10-13)20-2)17(22)18-14-7-5-9-16(11-14)21-3/h4-11H,12H2,1-3H3,(H,18,22). The third-order valence-corrected chi connectivity index (χ3v) is 3.64. The van der Waals surface area contributed by atoms with Crippen molar-refractivity contribution in [2.75, 3.05) is 26.6 Å². The van der Waals surface area contributed by atoms with E-state index in [-0.39, 0.29) is 0 Å². The molecule has 0 radical (unpaired) electrons. The van der Waals surface area contributed by atoms with Crippen LogP contribution < -0.4 is 14.8 Å². The summed E-state index contributed by atoms with van der Waals surface area (Å²) in [5.74, 6) is 1.64. The second kappa shape index (κ2) is 7.66. The lowest BCUT2D eigenvalue weighted by atomic mass is 10.2. The van der Waals surface area contributed by atoms with Crippen molar-refractivity contribution in [3.05, 3.63) is 54.1 Å². The molecule has 0 fully saturated rings. The first kappa shape index (κ1) is 16.1. The summed E-state index contributed by atoms with van der Waals surface area (Å²) >= 11 is 5.44. The third-order valence-electron chi connectivity index (χ3n) is 3.22. The lowest BCUT2D eigenvalue weighted by Gasteiger charge is -2.21. The van der Waals surface area contributed by atoms with Gasteiger partial charge in [-0.2, -0.15) is 0 Å². The fraction of sp³-hybridized carbons (Fsp3) is 0.235. The maximum absolute atomic E-state index is 5.44. The molecular formula is C17H20N2O2S. The lowest BCUT2D eigenvalue weighted by molar-refractivity contribution is 0.413. The zero-order valence-corrected chi connectivity index (χ0v) is 13.8. The molecule has 0 amide bonds. The number of benzene rings is 2. The van der Waals surface area contributed by atoms with Gasteiger partial charge in [0.05, 0.1) is 14.2 Å². The lowest BCUT2D eigenvalue weighted by Crippen LogP contribution is -2.30. The van der Waals surface area contributed by atoms with Crippen LogP contribution in [0.3, 0.4) is 0 Å². The van der Waals surface area contributed by atoms with Gasteiger partial charge in [-0.1, -0.05) is 18.2 Å². The van der Waals surface area contributed by atoms with Crippen molar-refractivity contribution in [3.8, 4) is 11.5 Å². The van der Waals surface area contributed by atoms with Gasteiger partial charge in [-0.15, -0.1) is 0 Å². The fourth-order valence-electron chi connectivity index (χ4n) is 2.04. The number of anilines is 1. The van der Waals surface area contributed by atoms with Crippen LogP contribution in [0.1, 0.15) is 5.56 Å². The number of ether oxygens (including phenoxy) is 2. The zero-order chi connectivity index (χ0) is 15.9. The molecule has 4 nitrogen and oxygen atoms in total. The van der Waals surface area contributed by atoms with Gasteiger partial charge in [0.25, 0.3) is 0 Å². The third kappa shape index (κ3) is 4.36. The van der Waals surface area contributed by atoms with E-state index in [1.807, 2.05) is 60.5 Å². The second-order valence-electron chi connectivity index (χ2n) is 4.87. The van der Waals surface area contributed by atoms with Crippen molar-refractivity contribution >= 4 is 23.0 Å². The molecule has 0 aromatic heterocycles. The molecule has 0 saturated carbocycles. The van der Waals surface area contributed by atoms with E-state index >= 15 is 0 Å². The van der Waals surface area contributed by atoms with Crippen LogP contribution in [0.2, 0.25) is 0 Å². The Bertz CT molecular complexity index is 646. The number of hydrogen-bond acceptors (Lipinski definition) is 3. The van der Waals surface area contributed by atoms with E-state index in [4.69, 9.17) is 21.7 Å².